The van der Waals surface area contributed by atoms with Crippen LogP contribution in [0.1, 0.15) is 6.92 Å². The van der Waals surface area contributed by atoms with Crippen LogP contribution in [-0.2, 0) is 14.3 Å². The maximum absolute atomic E-state index is 11.0. The SMILES string of the molecule is COC(=O)COc1cc(Br)ccc1NC(C)=O. The minimum absolute atomic E-state index is 0.209. The summed E-state index contributed by atoms with van der Waals surface area (Å²) in [6.07, 6.45) is 0. The fraction of sp³-hybridized carbons (Fsp3) is 0.273. The van der Waals surface area contributed by atoms with Crippen molar-refractivity contribution in [1.82, 2.24) is 0 Å². The highest BCUT2D eigenvalue weighted by molar-refractivity contribution is 9.10. The van der Waals surface area contributed by atoms with Crippen LogP contribution < -0.4 is 10.1 Å². The first-order chi connectivity index (χ1) is 8.02. The number of hydrogen-bond donors (Lipinski definition) is 1. The number of anilines is 1. The van der Waals surface area contributed by atoms with Crippen LogP contribution in [0.4, 0.5) is 5.69 Å². The van der Waals surface area contributed by atoms with Crippen molar-refractivity contribution in [3.63, 3.8) is 0 Å². The van der Waals surface area contributed by atoms with Gasteiger partial charge in [-0.1, -0.05) is 15.9 Å². The summed E-state index contributed by atoms with van der Waals surface area (Å²) in [7, 11) is 1.28. The maximum atomic E-state index is 11.0. The molecular formula is C11H12BrNO4. The molecule has 5 nitrogen and oxygen atoms in total. The summed E-state index contributed by atoms with van der Waals surface area (Å²) in [6, 6.07) is 5.10. The number of rotatable bonds is 4. The van der Waals surface area contributed by atoms with Crippen LogP contribution in [0.2, 0.25) is 0 Å². The summed E-state index contributed by atoms with van der Waals surface area (Å²) in [6.45, 7) is 1.19. The van der Waals surface area contributed by atoms with E-state index >= 15 is 0 Å². The Kier molecular flexibility index (Phi) is 4.96. The number of benzene rings is 1. The lowest BCUT2D eigenvalue weighted by molar-refractivity contribution is -0.142. The molecule has 1 N–H and O–H groups in total. The quantitative estimate of drug-likeness (QED) is 0.864. The molecule has 1 aromatic carbocycles. The Morgan fingerprint density at radius 1 is 1.41 bits per heavy atom. The first-order valence-electron chi connectivity index (χ1n) is 4.79. The second-order valence-electron chi connectivity index (χ2n) is 3.19. The lowest BCUT2D eigenvalue weighted by atomic mass is 10.3. The zero-order chi connectivity index (χ0) is 12.8. The van der Waals surface area contributed by atoms with Gasteiger partial charge in [-0.2, -0.15) is 0 Å². The second-order valence-corrected chi connectivity index (χ2v) is 4.10. The Balaban J connectivity index is 2.83. The number of esters is 1. The molecule has 0 heterocycles. The van der Waals surface area contributed by atoms with Crippen molar-refractivity contribution in [3.8, 4) is 5.75 Å². The average molecular weight is 302 g/mol. The van der Waals surface area contributed by atoms with Crippen molar-refractivity contribution in [3.05, 3.63) is 22.7 Å². The molecular weight excluding hydrogens is 290 g/mol. The summed E-state index contributed by atoms with van der Waals surface area (Å²) in [4.78, 5) is 21.9. The Morgan fingerprint density at radius 2 is 2.12 bits per heavy atom. The van der Waals surface area contributed by atoms with E-state index in [0.717, 1.165) is 4.47 Å². The predicted octanol–water partition coefficient (Wildman–Crippen LogP) is 1.96. The van der Waals surface area contributed by atoms with Gasteiger partial charge in [0.2, 0.25) is 5.91 Å². The summed E-state index contributed by atoms with van der Waals surface area (Å²) in [5, 5.41) is 2.61. The van der Waals surface area contributed by atoms with Crippen LogP contribution >= 0.6 is 15.9 Å². The van der Waals surface area contributed by atoms with E-state index in [1.165, 1.54) is 14.0 Å². The van der Waals surface area contributed by atoms with E-state index in [1.807, 2.05) is 0 Å². The third-order valence-corrected chi connectivity index (χ3v) is 2.32. The number of methoxy groups -OCH3 is 1. The number of hydrogen-bond acceptors (Lipinski definition) is 4. The smallest absolute Gasteiger partial charge is 0.343 e. The zero-order valence-electron chi connectivity index (χ0n) is 9.45. The molecule has 1 rings (SSSR count). The molecule has 0 saturated heterocycles. The topological polar surface area (TPSA) is 64.6 Å². The number of nitrogens with one attached hydrogen (secondary N) is 1. The summed E-state index contributed by atoms with van der Waals surface area (Å²) >= 11 is 3.28. The molecule has 0 spiro atoms. The van der Waals surface area contributed by atoms with E-state index in [1.54, 1.807) is 18.2 Å². The van der Waals surface area contributed by atoms with Crippen LogP contribution in [-0.4, -0.2) is 25.6 Å². The molecule has 0 bridgehead atoms. The van der Waals surface area contributed by atoms with Gasteiger partial charge in [0.05, 0.1) is 12.8 Å². The molecule has 0 radical (unpaired) electrons. The van der Waals surface area contributed by atoms with Gasteiger partial charge in [-0.3, -0.25) is 4.79 Å². The number of amides is 1. The van der Waals surface area contributed by atoms with Crippen molar-refractivity contribution < 1.29 is 19.1 Å². The molecule has 0 fully saturated rings. The third-order valence-electron chi connectivity index (χ3n) is 1.83. The lowest BCUT2D eigenvalue weighted by Crippen LogP contribution is -2.14. The molecule has 0 saturated carbocycles. The first kappa shape index (κ1) is 13.5. The van der Waals surface area contributed by atoms with Crippen LogP contribution in [0.3, 0.4) is 0 Å². The van der Waals surface area contributed by atoms with Crippen LogP contribution in [0, 0.1) is 0 Å². The molecule has 92 valence electrons. The van der Waals surface area contributed by atoms with E-state index < -0.39 is 5.97 Å². The van der Waals surface area contributed by atoms with Gasteiger partial charge in [0.1, 0.15) is 5.75 Å². The average Bonchev–Trinajstić information content (AvgIpc) is 2.28. The Labute approximate surface area is 107 Å². The van der Waals surface area contributed by atoms with Crippen molar-refractivity contribution in [1.29, 1.82) is 0 Å². The first-order valence-corrected chi connectivity index (χ1v) is 5.59. The third kappa shape index (κ3) is 4.44. The fourth-order valence-corrected chi connectivity index (χ4v) is 1.44. The predicted molar refractivity (Wildman–Crippen MR) is 66.0 cm³/mol. The minimum atomic E-state index is -0.487. The van der Waals surface area contributed by atoms with Crippen LogP contribution in [0.5, 0.6) is 5.75 Å². The normalized spacial score (nSPS) is 9.59. The summed E-state index contributed by atoms with van der Waals surface area (Å²) < 4.78 is 10.5. The van der Waals surface area contributed by atoms with E-state index in [-0.39, 0.29) is 12.5 Å². The van der Waals surface area contributed by atoms with Crippen molar-refractivity contribution in [2.75, 3.05) is 19.0 Å². The molecule has 0 unspecified atom stereocenters. The summed E-state index contributed by atoms with van der Waals surface area (Å²) in [5.41, 5.74) is 0.504. The molecule has 0 aliphatic rings. The van der Waals surface area contributed by atoms with Gasteiger partial charge < -0.3 is 14.8 Å². The molecule has 0 atom stereocenters. The van der Waals surface area contributed by atoms with Crippen LogP contribution in [0.25, 0.3) is 0 Å². The van der Waals surface area contributed by atoms with E-state index in [4.69, 9.17) is 4.74 Å². The zero-order valence-corrected chi connectivity index (χ0v) is 11.0. The standard InChI is InChI=1S/C11H12BrNO4/c1-7(14)13-9-4-3-8(12)5-10(9)17-6-11(15)16-2/h3-5H,6H2,1-2H3,(H,13,14). The Morgan fingerprint density at radius 3 is 2.71 bits per heavy atom. The van der Waals surface area contributed by atoms with Crippen molar-refractivity contribution >= 4 is 33.5 Å². The molecule has 0 aliphatic carbocycles. The highest BCUT2D eigenvalue weighted by Gasteiger charge is 2.08. The number of carbonyl (C=O) groups excluding carboxylic acids is 2. The van der Waals surface area contributed by atoms with Gasteiger partial charge in [0.15, 0.2) is 6.61 Å². The Hall–Kier alpha value is -1.56. The summed E-state index contributed by atoms with van der Waals surface area (Å²) in [5.74, 6) is -0.297. The maximum Gasteiger partial charge on any atom is 0.343 e. The molecule has 1 aromatic rings. The van der Waals surface area contributed by atoms with Gasteiger partial charge in [-0.05, 0) is 18.2 Å². The monoisotopic (exact) mass is 301 g/mol. The second kappa shape index (κ2) is 6.24. The van der Waals surface area contributed by atoms with Gasteiger partial charge in [0.25, 0.3) is 0 Å². The van der Waals surface area contributed by atoms with Gasteiger partial charge in [-0.25, -0.2) is 4.79 Å². The molecule has 6 heteroatoms. The Bertz CT molecular complexity index is 433. The molecule has 0 aromatic heterocycles. The van der Waals surface area contributed by atoms with Gasteiger partial charge in [0, 0.05) is 11.4 Å². The van der Waals surface area contributed by atoms with Crippen molar-refractivity contribution in [2.45, 2.75) is 6.92 Å². The number of halogens is 1. The van der Waals surface area contributed by atoms with Crippen LogP contribution in [0.15, 0.2) is 22.7 Å². The van der Waals surface area contributed by atoms with E-state index in [2.05, 4.69) is 26.0 Å². The highest BCUT2D eigenvalue weighted by atomic mass is 79.9. The largest absolute Gasteiger partial charge is 0.480 e. The molecule has 1 amide bonds. The lowest BCUT2D eigenvalue weighted by Gasteiger charge is -2.11. The van der Waals surface area contributed by atoms with E-state index in [9.17, 15) is 9.59 Å². The van der Waals surface area contributed by atoms with Crippen molar-refractivity contribution in [2.24, 2.45) is 0 Å². The molecule has 17 heavy (non-hydrogen) atoms. The molecule has 0 aliphatic heterocycles. The minimum Gasteiger partial charge on any atom is -0.480 e. The number of carbonyl (C=O) groups is 2. The van der Waals surface area contributed by atoms with E-state index in [0.29, 0.717) is 11.4 Å². The van der Waals surface area contributed by atoms with Gasteiger partial charge >= 0.3 is 5.97 Å². The fourth-order valence-electron chi connectivity index (χ4n) is 1.10. The van der Waals surface area contributed by atoms with Gasteiger partial charge in [-0.15, -0.1) is 0 Å². The number of ether oxygens (including phenoxy) is 2. The highest BCUT2D eigenvalue weighted by Crippen LogP contribution is 2.28.